The van der Waals surface area contributed by atoms with Crippen molar-refractivity contribution in [2.24, 2.45) is 0 Å². The molecule has 0 atom stereocenters. The number of halogens is 4. The molecule has 0 bridgehead atoms. The van der Waals surface area contributed by atoms with E-state index in [0.717, 1.165) is 6.07 Å². The summed E-state index contributed by atoms with van der Waals surface area (Å²) in [6.45, 7) is 0. The van der Waals surface area contributed by atoms with Crippen LogP contribution in [-0.4, -0.2) is 22.6 Å². The number of nitrogens with two attached hydrogens (primary N) is 2. The van der Waals surface area contributed by atoms with Gasteiger partial charge in [-0.3, -0.25) is 9.59 Å². The van der Waals surface area contributed by atoms with Crippen LogP contribution in [0.3, 0.4) is 0 Å². The lowest BCUT2D eigenvalue weighted by Crippen LogP contribution is -2.26. The van der Waals surface area contributed by atoms with E-state index in [2.05, 4.69) is 0 Å². The van der Waals surface area contributed by atoms with Gasteiger partial charge in [-0.15, -0.1) is 0 Å². The Bertz CT molecular complexity index is 1030. The average Bonchev–Trinajstić information content (AvgIpc) is 2.55. The Morgan fingerprint density at radius 1 is 0.800 bits per heavy atom. The van der Waals surface area contributed by atoms with Crippen molar-refractivity contribution in [2.45, 2.75) is 0 Å². The molecule has 1 aliphatic carbocycles. The zero-order valence-electron chi connectivity index (χ0n) is 11.9. The minimum Gasteiger partial charge on any atom is -0.478 e. The Balaban J connectivity index is 2.49. The van der Waals surface area contributed by atoms with E-state index in [0.29, 0.717) is 0 Å². The SMILES string of the molecule is Nc1cc(C(=O)O)c(N)c2c1C(=O)c1c(Cl)c(Cl)c(Cl)c(Cl)c1C2=O. The summed E-state index contributed by atoms with van der Waals surface area (Å²) in [4.78, 5) is 37.1. The average molecular weight is 420 g/mol. The van der Waals surface area contributed by atoms with E-state index in [1.165, 1.54) is 0 Å². The zero-order valence-corrected chi connectivity index (χ0v) is 14.9. The van der Waals surface area contributed by atoms with Gasteiger partial charge in [0.15, 0.2) is 11.6 Å². The highest BCUT2D eigenvalue weighted by Crippen LogP contribution is 2.47. The summed E-state index contributed by atoms with van der Waals surface area (Å²) in [6.07, 6.45) is 0. The molecule has 0 saturated carbocycles. The van der Waals surface area contributed by atoms with Crippen LogP contribution < -0.4 is 11.5 Å². The normalized spacial score (nSPS) is 12.8. The van der Waals surface area contributed by atoms with Crippen molar-refractivity contribution >= 4 is 75.3 Å². The number of ketones is 2. The molecule has 0 saturated heterocycles. The second-order valence-corrected chi connectivity index (χ2v) is 6.66. The van der Waals surface area contributed by atoms with Gasteiger partial charge in [0.2, 0.25) is 0 Å². The van der Waals surface area contributed by atoms with Crippen molar-refractivity contribution in [1.82, 2.24) is 0 Å². The first-order valence-corrected chi connectivity index (χ1v) is 8.01. The minimum absolute atomic E-state index is 0.189. The van der Waals surface area contributed by atoms with Crippen LogP contribution >= 0.6 is 46.4 Å². The highest BCUT2D eigenvalue weighted by atomic mass is 35.5. The number of benzene rings is 2. The Hall–Kier alpha value is -1.99. The molecule has 128 valence electrons. The second kappa shape index (κ2) is 5.78. The van der Waals surface area contributed by atoms with E-state index in [9.17, 15) is 19.5 Å². The number of hydrogen-bond donors (Lipinski definition) is 3. The molecular formula is C15H6Cl4N2O4. The van der Waals surface area contributed by atoms with Crippen LogP contribution in [0, 0.1) is 0 Å². The number of hydrogen-bond acceptors (Lipinski definition) is 5. The van der Waals surface area contributed by atoms with Crippen LogP contribution in [0.2, 0.25) is 20.1 Å². The molecule has 2 aromatic rings. The van der Waals surface area contributed by atoms with Crippen LogP contribution in [0.15, 0.2) is 6.07 Å². The van der Waals surface area contributed by atoms with Gasteiger partial charge < -0.3 is 16.6 Å². The van der Waals surface area contributed by atoms with Gasteiger partial charge in [0.25, 0.3) is 0 Å². The highest BCUT2D eigenvalue weighted by Gasteiger charge is 2.39. The second-order valence-electron chi connectivity index (χ2n) is 5.15. The molecule has 0 radical (unpaired) electrons. The third-order valence-corrected chi connectivity index (χ3v) is 5.61. The summed E-state index contributed by atoms with van der Waals surface area (Å²) >= 11 is 24.1. The number of carbonyl (C=O) groups excluding carboxylic acids is 2. The minimum atomic E-state index is -1.41. The quantitative estimate of drug-likeness (QED) is 0.311. The molecule has 0 aromatic heterocycles. The molecule has 6 nitrogen and oxygen atoms in total. The maximum Gasteiger partial charge on any atom is 0.337 e. The summed E-state index contributed by atoms with van der Waals surface area (Å²) in [5.74, 6) is -2.98. The van der Waals surface area contributed by atoms with Gasteiger partial charge in [-0.25, -0.2) is 4.79 Å². The van der Waals surface area contributed by atoms with Crippen molar-refractivity contribution in [2.75, 3.05) is 11.5 Å². The van der Waals surface area contributed by atoms with Gasteiger partial charge in [0, 0.05) is 5.69 Å². The van der Waals surface area contributed by atoms with E-state index in [1.807, 2.05) is 0 Å². The predicted octanol–water partition coefficient (Wildman–Crippen LogP) is 3.94. The van der Waals surface area contributed by atoms with E-state index < -0.39 is 28.8 Å². The number of carboxylic acid groups (broad SMARTS) is 1. The van der Waals surface area contributed by atoms with Crippen LogP contribution in [0.4, 0.5) is 11.4 Å². The monoisotopic (exact) mass is 418 g/mol. The maximum atomic E-state index is 12.9. The molecule has 0 unspecified atom stereocenters. The van der Waals surface area contributed by atoms with Gasteiger partial charge in [0.1, 0.15) is 0 Å². The summed E-state index contributed by atoms with van der Waals surface area (Å²) in [6, 6.07) is 1.000. The molecule has 0 fully saturated rings. The topological polar surface area (TPSA) is 123 Å². The Labute approximate surface area is 160 Å². The number of carboxylic acids is 1. The number of rotatable bonds is 1. The molecule has 1 aliphatic rings. The molecule has 5 N–H and O–H groups in total. The van der Waals surface area contributed by atoms with Crippen molar-refractivity contribution in [1.29, 1.82) is 0 Å². The van der Waals surface area contributed by atoms with Gasteiger partial charge in [-0.1, -0.05) is 46.4 Å². The lowest BCUT2D eigenvalue weighted by Gasteiger charge is -2.24. The zero-order chi connectivity index (χ0) is 18.8. The smallest absolute Gasteiger partial charge is 0.337 e. The number of aromatic carboxylic acids is 1. The number of carbonyl (C=O) groups is 3. The first-order chi connectivity index (χ1) is 11.6. The van der Waals surface area contributed by atoms with Crippen molar-refractivity contribution < 1.29 is 19.5 Å². The first-order valence-electron chi connectivity index (χ1n) is 6.50. The fraction of sp³-hybridized carbons (Fsp3) is 0. The van der Waals surface area contributed by atoms with Gasteiger partial charge >= 0.3 is 5.97 Å². The molecule has 10 heteroatoms. The molecule has 2 aromatic carbocycles. The van der Waals surface area contributed by atoms with Crippen LogP contribution in [-0.2, 0) is 0 Å². The van der Waals surface area contributed by atoms with E-state index >= 15 is 0 Å². The van der Waals surface area contributed by atoms with Crippen LogP contribution in [0.1, 0.15) is 42.2 Å². The van der Waals surface area contributed by atoms with Gasteiger partial charge in [-0.2, -0.15) is 0 Å². The number of fused-ring (bicyclic) bond motifs is 2. The Kier molecular flexibility index (Phi) is 4.12. The molecule has 3 rings (SSSR count). The predicted molar refractivity (Wildman–Crippen MR) is 95.6 cm³/mol. The molecule has 0 amide bonds. The summed E-state index contributed by atoms with van der Waals surface area (Å²) < 4.78 is 0. The van der Waals surface area contributed by atoms with Crippen molar-refractivity contribution in [3.63, 3.8) is 0 Å². The number of anilines is 2. The highest BCUT2D eigenvalue weighted by molar-refractivity contribution is 6.55. The molecule has 0 spiro atoms. The third-order valence-electron chi connectivity index (χ3n) is 3.80. The Morgan fingerprint density at radius 2 is 1.24 bits per heavy atom. The molecule has 25 heavy (non-hydrogen) atoms. The lowest BCUT2D eigenvalue weighted by atomic mass is 9.81. The fourth-order valence-electron chi connectivity index (χ4n) is 2.68. The van der Waals surface area contributed by atoms with E-state index in [4.69, 9.17) is 57.9 Å². The summed E-state index contributed by atoms with van der Waals surface area (Å²) in [5, 5.41) is 8.26. The van der Waals surface area contributed by atoms with Gasteiger partial charge in [-0.05, 0) is 6.07 Å². The summed E-state index contributed by atoms with van der Waals surface area (Å²) in [7, 11) is 0. The fourth-order valence-corrected chi connectivity index (χ4v) is 3.71. The van der Waals surface area contributed by atoms with Crippen molar-refractivity contribution in [3.8, 4) is 0 Å². The van der Waals surface area contributed by atoms with Crippen LogP contribution in [0.5, 0.6) is 0 Å². The van der Waals surface area contributed by atoms with Crippen LogP contribution in [0.25, 0.3) is 0 Å². The standard InChI is InChI=1S/C15H6Cl4N2O4/c16-8-5-6(9(17)11(19)10(8)18)14(23)7-4(13(5)22)3(20)1-2(12(7)21)15(24)25/h1H,20-21H2,(H,24,25). The van der Waals surface area contributed by atoms with Crippen molar-refractivity contribution in [3.05, 3.63) is 54.0 Å². The van der Waals surface area contributed by atoms with E-state index in [1.54, 1.807) is 0 Å². The lowest BCUT2D eigenvalue weighted by molar-refractivity contribution is 0.0697. The molecular weight excluding hydrogens is 414 g/mol. The third kappa shape index (κ3) is 2.29. The first kappa shape index (κ1) is 17.8. The van der Waals surface area contributed by atoms with Gasteiger partial charge in [0.05, 0.1) is 53.6 Å². The number of nitrogen functional groups attached to an aromatic ring is 2. The van der Waals surface area contributed by atoms with E-state index in [-0.39, 0.29) is 48.0 Å². The maximum absolute atomic E-state index is 12.9. The largest absolute Gasteiger partial charge is 0.478 e. The Morgan fingerprint density at radius 3 is 1.68 bits per heavy atom. The molecule has 0 aliphatic heterocycles. The molecule has 0 heterocycles. The summed E-state index contributed by atoms with van der Waals surface area (Å²) in [5.41, 5.74) is 9.37.